The molecule has 1 atom stereocenters. The Balaban J connectivity index is 0.00000288. The summed E-state index contributed by atoms with van der Waals surface area (Å²) in [5.74, 6) is 1.20. The predicted molar refractivity (Wildman–Crippen MR) is 108 cm³/mol. The van der Waals surface area contributed by atoms with E-state index in [1.54, 1.807) is 25.3 Å². The second-order valence-electron chi connectivity index (χ2n) is 5.73. The van der Waals surface area contributed by atoms with E-state index in [9.17, 15) is 5.11 Å². The van der Waals surface area contributed by atoms with Crippen LogP contribution in [0.3, 0.4) is 0 Å². The fourth-order valence-electron chi connectivity index (χ4n) is 2.22. The molecule has 0 saturated carbocycles. The monoisotopic (exact) mass is 443 g/mol. The lowest BCUT2D eigenvalue weighted by molar-refractivity contribution is 0.0386. The Bertz CT molecular complexity index is 639. The number of aryl methyl sites for hydroxylation is 1. The topological polar surface area (TPSA) is 69.8 Å². The van der Waals surface area contributed by atoms with Crippen molar-refractivity contribution in [2.75, 3.05) is 13.1 Å². The molecule has 0 radical (unpaired) electrons. The van der Waals surface area contributed by atoms with Crippen LogP contribution < -0.4 is 10.6 Å². The lowest BCUT2D eigenvalue weighted by Gasteiger charge is -2.22. The Kier molecular flexibility index (Phi) is 8.27. The number of rotatable bonds is 6. The van der Waals surface area contributed by atoms with Crippen LogP contribution in [0, 0.1) is 6.92 Å². The number of nitrogens with zero attached hydrogens (tertiary/aromatic N) is 1. The van der Waals surface area contributed by atoms with E-state index in [1.165, 1.54) is 11.1 Å². The molecule has 0 bridgehead atoms. The molecule has 0 amide bonds. The first-order valence-electron chi connectivity index (χ1n) is 7.86. The van der Waals surface area contributed by atoms with E-state index >= 15 is 0 Å². The van der Waals surface area contributed by atoms with Gasteiger partial charge in [0.25, 0.3) is 0 Å². The van der Waals surface area contributed by atoms with Crippen molar-refractivity contribution in [1.82, 2.24) is 10.6 Å². The zero-order valence-electron chi connectivity index (χ0n) is 14.4. The summed E-state index contributed by atoms with van der Waals surface area (Å²) in [5, 5.41) is 16.8. The van der Waals surface area contributed by atoms with Crippen LogP contribution in [0.4, 0.5) is 0 Å². The largest absolute Gasteiger partial charge is 0.466 e. The van der Waals surface area contributed by atoms with Crippen LogP contribution in [0.25, 0.3) is 0 Å². The molecule has 3 N–H and O–H groups in total. The first-order chi connectivity index (χ1) is 11.0. The minimum atomic E-state index is -1.09. The fourth-order valence-corrected chi connectivity index (χ4v) is 2.22. The van der Waals surface area contributed by atoms with Crippen LogP contribution in [-0.2, 0) is 12.1 Å². The summed E-state index contributed by atoms with van der Waals surface area (Å²) in [7, 11) is 0. The molecule has 1 aromatic heterocycles. The van der Waals surface area contributed by atoms with E-state index in [2.05, 4.69) is 34.7 Å². The minimum Gasteiger partial charge on any atom is -0.466 e. The van der Waals surface area contributed by atoms with Gasteiger partial charge in [-0.2, -0.15) is 0 Å². The van der Waals surface area contributed by atoms with Crippen LogP contribution in [0.15, 0.2) is 52.1 Å². The van der Waals surface area contributed by atoms with Crippen molar-refractivity contribution in [2.24, 2.45) is 4.99 Å². The molecule has 0 aliphatic carbocycles. The van der Waals surface area contributed by atoms with Gasteiger partial charge >= 0.3 is 0 Å². The number of aliphatic imine (C=N–C) groups is 1. The molecule has 0 aliphatic heterocycles. The average molecular weight is 443 g/mol. The number of aliphatic hydroxyl groups is 1. The molecule has 0 aliphatic rings. The van der Waals surface area contributed by atoms with E-state index in [-0.39, 0.29) is 24.0 Å². The van der Waals surface area contributed by atoms with Gasteiger partial charge < -0.3 is 20.2 Å². The number of furan rings is 1. The molecular weight excluding hydrogens is 417 g/mol. The third kappa shape index (κ3) is 5.83. The Labute approximate surface area is 160 Å². The van der Waals surface area contributed by atoms with Crippen molar-refractivity contribution in [1.29, 1.82) is 0 Å². The summed E-state index contributed by atoms with van der Waals surface area (Å²) >= 11 is 0. The Morgan fingerprint density at radius 3 is 2.58 bits per heavy atom. The maximum atomic E-state index is 10.5. The van der Waals surface area contributed by atoms with Gasteiger partial charge in [-0.05, 0) is 44.0 Å². The summed E-state index contributed by atoms with van der Waals surface area (Å²) in [4.78, 5) is 4.58. The lowest BCUT2D eigenvalue weighted by Crippen LogP contribution is -2.44. The number of hydrogen-bond donors (Lipinski definition) is 3. The molecule has 5 nitrogen and oxygen atoms in total. The molecule has 2 aromatic rings. The second-order valence-corrected chi connectivity index (χ2v) is 5.73. The third-order valence-electron chi connectivity index (χ3n) is 3.67. The quantitative estimate of drug-likeness (QED) is 0.365. The van der Waals surface area contributed by atoms with Gasteiger partial charge in [-0.3, -0.25) is 0 Å². The molecule has 6 heteroatoms. The van der Waals surface area contributed by atoms with Gasteiger partial charge in [-0.15, -0.1) is 24.0 Å². The molecule has 0 saturated heterocycles. The van der Waals surface area contributed by atoms with Gasteiger partial charge in [-0.1, -0.05) is 24.3 Å². The van der Waals surface area contributed by atoms with Crippen LogP contribution in [0.2, 0.25) is 0 Å². The lowest BCUT2D eigenvalue weighted by atomic mass is 10.0. The average Bonchev–Trinajstić information content (AvgIpc) is 3.07. The SMILES string of the molecule is CCNC(=NCc1ccccc1C)NCC(C)(O)c1ccco1.I. The van der Waals surface area contributed by atoms with E-state index in [0.717, 1.165) is 6.54 Å². The molecule has 1 heterocycles. The minimum absolute atomic E-state index is 0. The highest BCUT2D eigenvalue weighted by atomic mass is 127. The first-order valence-corrected chi connectivity index (χ1v) is 7.86. The molecule has 0 spiro atoms. The van der Waals surface area contributed by atoms with Crippen LogP contribution in [0.5, 0.6) is 0 Å². The summed E-state index contributed by atoms with van der Waals surface area (Å²) in [6, 6.07) is 11.7. The van der Waals surface area contributed by atoms with Crippen molar-refractivity contribution < 1.29 is 9.52 Å². The molecule has 24 heavy (non-hydrogen) atoms. The molecule has 132 valence electrons. The highest BCUT2D eigenvalue weighted by molar-refractivity contribution is 14.0. The van der Waals surface area contributed by atoms with Gasteiger partial charge in [-0.25, -0.2) is 4.99 Å². The van der Waals surface area contributed by atoms with E-state index < -0.39 is 5.60 Å². The van der Waals surface area contributed by atoms with Crippen LogP contribution in [0.1, 0.15) is 30.7 Å². The van der Waals surface area contributed by atoms with Gasteiger partial charge in [0.1, 0.15) is 11.4 Å². The number of halogens is 1. The van der Waals surface area contributed by atoms with Crippen LogP contribution >= 0.6 is 24.0 Å². The number of guanidine groups is 1. The Morgan fingerprint density at radius 1 is 1.21 bits per heavy atom. The Hall–Kier alpha value is -1.54. The van der Waals surface area contributed by atoms with Gasteiger partial charge in [0.15, 0.2) is 5.96 Å². The highest BCUT2D eigenvalue weighted by Crippen LogP contribution is 2.19. The number of nitrogens with one attached hydrogen (secondary N) is 2. The van der Waals surface area contributed by atoms with Crippen molar-refractivity contribution >= 4 is 29.9 Å². The first kappa shape index (κ1) is 20.5. The molecule has 2 rings (SSSR count). The van der Waals surface area contributed by atoms with Crippen LogP contribution in [-0.4, -0.2) is 24.2 Å². The van der Waals surface area contributed by atoms with Crippen molar-refractivity contribution in [3.63, 3.8) is 0 Å². The summed E-state index contributed by atoms with van der Waals surface area (Å²) in [6.45, 7) is 7.44. The predicted octanol–water partition coefficient (Wildman–Crippen LogP) is 3.17. The summed E-state index contributed by atoms with van der Waals surface area (Å²) in [5.41, 5.74) is 1.31. The van der Waals surface area contributed by atoms with E-state index in [1.807, 2.05) is 19.1 Å². The zero-order valence-corrected chi connectivity index (χ0v) is 16.7. The fraction of sp³-hybridized carbons (Fsp3) is 0.389. The summed E-state index contributed by atoms with van der Waals surface area (Å²) < 4.78 is 5.29. The molecular formula is C18H26IN3O2. The normalized spacial score (nSPS) is 13.8. The maximum Gasteiger partial charge on any atom is 0.191 e. The molecule has 1 unspecified atom stereocenters. The molecule has 0 fully saturated rings. The number of benzene rings is 1. The van der Waals surface area contributed by atoms with E-state index in [0.29, 0.717) is 24.8 Å². The van der Waals surface area contributed by atoms with Crippen molar-refractivity contribution in [3.8, 4) is 0 Å². The smallest absolute Gasteiger partial charge is 0.191 e. The molecule has 1 aromatic carbocycles. The van der Waals surface area contributed by atoms with Crippen molar-refractivity contribution in [3.05, 3.63) is 59.5 Å². The highest BCUT2D eigenvalue weighted by Gasteiger charge is 2.26. The standard InChI is InChI=1S/C18H25N3O2.HI/c1-4-19-17(20-12-15-9-6-5-8-14(15)2)21-13-18(3,22)16-10-7-11-23-16;/h5-11,22H,4,12-13H2,1-3H3,(H2,19,20,21);1H. The van der Waals surface area contributed by atoms with Gasteiger partial charge in [0.05, 0.1) is 19.4 Å². The van der Waals surface area contributed by atoms with E-state index in [4.69, 9.17) is 4.42 Å². The zero-order chi connectivity index (χ0) is 16.7. The van der Waals surface area contributed by atoms with Gasteiger partial charge in [0.2, 0.25) is 0 Å². The number of hydrogen-bond acceptors (Lipinski definition) is 3. The second kappa shape index (κ2) is 9.68. The summed E-state index contributed by atoms with van der Waals surface area (Å²) in [6.07, 6.45) is 1.56. The third-order valence-corrected chi connectivity index (χ3v) is 3.67. The van der Waals surface area contributed by atoms with Crippen molar-refractivity contribution in [2.45, 2.75) is 32.9 Å². The Morgan fingerprint density at radius 2 is 1.96 bits per heavy atom. The maximum absolute atomic E-state index is 10.5. The van der Waals surface area contributed by atoms with Gasteiger partial charge in [0, 0.05) is 6.54 Å².